The molecule has 2 amide bonds. The van der Waals surface area contributed by atoms with E-state index in [9.17, 15) is 9.59 Å². The van der Waals surface area contributed by atoms with Crippen LogP contribution in [-0.4, -0.2) is 54.5 Å². The Morgan fingerprint density at radius 2 is 1.41 bits per heavy atom. The molecule has 2 aliphatic heterocycles. The molecule has 0 saturated carbocycles. The second kappa shape index (κ2) is 8.57. The van der Waals surface area contributed by atoms with Crippen LogP contribution in [0.25, 0.3) is 5.57 Å². The molecule has 1 saturated heterocycles. The minimum Gasteiger partial charge on any atom is -0.378 e. The lowest BCUT2D eigenvalue weighted by Gasteiger charge is -2.29. The van der Waals surface area contributed by atoms with Gasteiger partial charge in [-0.3, -0.25) is 14.5 Å². The van der Waals surface area contributed by atoms with Crippen LogP contribution in [0.3, 0.4) is 0 Å². The lowest BCUT2D eigenvalue weighted by atomic mass is 10.0. The number of halogens is 2. The van der Waals surface area contributed by atoms with Crippen molar-refractivity contribution in [1.29, 1.82) is 0 Å². The van der Waals surface area contributed by atoms with Crippen LogP contribution in [0.2, 0.25) is 10.0 Å². The van der Waals surface area contributed by atoms with Crippen LogP contribution < -0.4 is 0 Å². The summed E-state index contributed by atoms with van der Waals surface area (Å²) in [5.74, 6) is -0.524. The molecular weight excluding hydrogens is 411 g/mol. The molecule has 0 atom stereocenters. The van der Waals surface area contributed by atoms with Gasteiger partial charge >= 0.3 is 0 Å². The molecule has 0 aliphatic carbocycles. The second-order valence-corrected chi connectivity index (χ2v) is 7.84. The van der Waals surface area contributed by atoms with Crippen LogP contribution >= 0.6 is 23.2 Å². The van der Waals surface area contributed by atoms with Crippen molar-refractivity contribution in [1.82, 2.24) is 9.80 Å². The summed E-state index contributed by atoms with van der Waals surface area (Å²) in [5.41, 5.74) is 2.60. The Bertz CT molecular complexity index is 949. The monoisotopic (exact) mass is 430 g/mol. The molecule has 0 bridgehead atoms. The molecule has 0 spiro atoms. The lowest BCUT2D eigenvalue weighted by molar-refractivity contribution is -0.137. The second-order valence-electron chi connectivity index (χ2n) is 6.97. The molecule has 2 heterocycles. The summed E-state index contributed by atoms with van der Waals surface area (Å²) in [6, 6.07) is 14.5. The Balaban J connectivity index is 1.63. The van der Waals surface area contributed by atoms with Crippen LogP contribution in [0.1, 0.15) is 11.1 Å². The average Bonchev–Trinajstić information content (AvgIpc) is 2.99. The number of nitrogens with zero attached hydrogens (tertiary/aromatic N) is 2. The van der Waals surface area contributed by atoms with E-state index in [1.54, 1.807) is 36.4 Å². The third-order valence-electron chi connectivity index (χ3n) is 5.14. The predicted octanol–water partition coefficient (Wildman–Crippen LogP) is 3.65. The van der Waals surface area contributed by atoms with Crippen LogP contribution in [0.5, 0.6) is 0 Å². The largest absolute Gasteiger partial charge is 0.378 e. The lowest BCUT2D eigenvalue weighted by Crippen LogP contribution is -2.40. The SMILES string of the molecule is O=C1C(c2ccc(Cl)cc2)=C(N2CCOCC2)C(=O)N1CCc1ccc(Cl)cc1. The predicted molar refractivity (Wildman–Crippen MR) is 113 cm³/mol. The van der Waals surface area contributed by atoms with Gasteiger partial charge in [-0.1, -0.05) is 47.5 Å². The quantitative estimate of drug-likeness (QED) is 0.679. The maximum absolute atomic E-state index is 13.3. The fourth-order valence-corrected chi connectivity index (χ4v) is 3.87. The normalized spacial score (nSPS) is 17.4. The number of hydrogen-bond donors (Lipinski definition) is 0. The molecule has 1 fully saturated rings. The van der Waals surface area contributed by atoms with Crippen molar-refractivity contribution in [3.8, 4) is 0 Å². The maximum atomic E-state index is 13.3. The molecule has 4 rings (SSSR count). The summed E-state index contributed by atoms with van der Waals surface area (Å²) in [6.07, 6.45) is 0.568. The summed E-state index contributed by atoms with van der Waals surface area (Å²) < 4.78 is 5.42. The first-order valence-corrected chi connectivity index (χ1v) is 10.2. The number of rotatable bonds is 5. The van der Waals surface area contributed by atoms with E-state index in [0.29, 0.717) is 66.1 Å². The van der Waals surface area contributed by atoms with Gasteiger partial charge in [-0.15, -0.1) is 0 Å². The minimum absolute atomic E-state index is 0.254. The zero-order valence-corrected chi connectivity index (χ0v) is 17.2. The van der Waals surface area contributed by atoms with Gasteiger partial charge in [0.2, 0.25) is 0 Å². The van der Waals surface area contributed by atoms with Crippen molar-refractivity contribution in [2.45, 2.75) is 6.42 Å². The number of benzene rings is 2. The van der Waals surface area contributed by atoms with E-state index >= 15 is 0 Å². The topological polar surface area (TPSA) is 49.9 Å². The van der Waals surface area contributed by atoms with Gasteiger partial charge in [0.25, 0.3) is 11.8 Å². The standard InChI is InChI=1S/C22H20Cl2N2O3/c23-17-5-1-15(2-6-17)9-10-26-21(27)19(16-3-7-18(24)8-4-16)20(22(26)28)25-11-13-29-14-12-25/h1-8H,9-14H2. The van der Waals surface area contributed by atoms with Crippen molar-refractivity contribution in [2.24, 2.45) is 0 Å². The molecule has 5 nitrogen and oxygen atoms in total. The van der Waals surface area contributed by atoms with E-state index in [4.69, 9.17) is 27.9 Å². The zero-order valence-electron chi connectivity index (χ0n) is 15.7. The highest BCUT2D eigenvalue weighted by molar-refractivity contribution is 6.36. The van der Waals surface area contributed by atoms with E-state index in [0.717, 1.165) is 5.56 Å². The number of carbonyl (C=O) groups excluding carboxylic acids is 2. The van der Waals surface area contributed by atoms with Crippen molar-refractivity contribution in [3.05, 3.63) is 75.4 Å². The maximum Gasteiger partial charge on any atom is 0.277 e. The number of carbonyl (C=O) groups is 2. The van der Waals surface area contributed by atoms with Gasteiger partial charge in [-0.05, 0) is 41.8 Å². The van der Waals surface area contributed by atoms with Crippen LogP contribution in [-0.2, 0) is 20.7 Å². The van der Waals surface area contributed by atoms with Crippen LogP contribution in [0, 0.1) is 0 Å². The number of morpholine rings is 1. The van der Waals surface area contributed by atoms with Gasteiger partial charge in [-0.25, -0.2) is 0 Å². The number of hydrogen-bond acceptors (Lipinski definition) is 4. The fourth-order valence-electron chi connectivity index (χ4n) is 3.62. The molecule has 0 unspecified atom stereocenters. The summed E-state index contributed by atoms with van der Waals surface area (Å²) in [7, 11) is 0. The third kappa shape index (κ3) is 4.17. The van der Waals surface area contributed by atoms with Gasteiger partial charge in [0.05, 0.1) is 18.8 Å². The molecule has 0 N–H and O–H groups in total. The Hall–Kier alpha value is -2.34. The molecule has 150 valence electrons. The van der Waals surface area contributed by atoms with Gasteiger partial charge in [0, 0.05) is 29.7 Å². The Morgan fingerprint density at radius 1 is 0.828 bits per heavy atom. The highest BCUT2D eigenvalue weighted by Gasteiger charge is 2.41. The Labute approximate surface area is 179 Å². The van der Waals surface area contributed by atoms with Crippen LogP contribution in [0.15, 0.2) is 54.2 Å². The third-order valence-corrected chi connectivity index (χ3v) is 5.65. The number of imide groups is 1. The van der Waals surface area contributed by atoms with Crippen molar-refractivity contribution < 1.29 is 14.3 Å². The molecule has 0 aromatic heterocycles. The smallest absolute Gasteiger partial charge is 0.277 e. The minimum atomic E-state index is -0.271. The zero-order chi connectivity index (χ0) is 20.4. The van der Waals surface area contributed by atoms with Gasteiger partial charge in [0.15, 0.2) is 0 Å². The molecule has 2 aromatic rings. The first kappa shape index (κ1) is 20.0. The fraction of sp³-hybridized carbons (Fsp3) is 0.273. The molecule has 2 aromatic carbocycles. The Morgan fingerprint density at radius 3 is 2.03 bits per heavy atom. The molecule has 7 heteroatoms. The average molecular weight is 431 g/mol. The van der Waals surface area contributed by atoms with Crippen molar-refractivity contribution >= 4 is 40.6 Å². The van der Waals surface area contributed by atoms with E-state index in [1.165, 1.54) is 4.90 Å². The molecular formula is C22H20Cl2N2O3. The van der Waals surface area contributed by atoms with Crippen molar-refractivity contribution in [2.75, 3.05) is 32.8 Å². The summed E-state index contributed by atoms with van der Waals surface area (Å²) in [6.45, 7) is 2.53. The highest BCUT2D eigenvalue weighted by atomic mass is 35.5. The highest BCUT2D eigenvalue weighted by Crippen LogP contribution is 2.32. The van der Waals surface area contributed by atoms with Gasteiger partial charge < -0.3 is 9.64 Å². The Kier molecular flexibility index (Phi) is 5.90. The number of ether oxygens (including phenoxy) is 1. The summed E-state index contributed by atoms with van der Waals surface area (Å²) >= 11 is 11.9. The first-order valence-electron chi connectivity index (χ1n) is 9.48. The van der Waals surface area contributed by atoms with E-state index in [2.05, 4.69) is 0 Å². The van der Waals surface area contributed by atoms with Crippen molar-refractivity contribution in [3.63, 3.8) is 0 Å². The molecule has 2 aliphatic rings. The van der Waals surface area contributed by atoms with Crippen LogP contribution in [0.4, 0.5) is 0 Å². The van der Waals surface area contributed by atoms with Gasteiger partial charge in [0.1, 0.15) is 5.70 Å². The van der Waals surface area contributed by atoms with E-state index in [-0.39, 0.29) is 11.8 Å². The molecule has 29 heavy (non-hydrogen) atoms. The summed E-state index contributed by atoms with van der Waals surface area (Å²) in [5, 5.41) is 1.24. The molecule has 0 radical (unpaired) electrons. The first-order chi connectivity index (χ1) is 14.0. The van der Waals surface area contributed by atoms with E-state index in [1.807, 2.05) is 17.0 Å². The summed E-state index contributed by atoms with van der Waals surface area (Å²) in [4.78, 5) is 29.8. The van der Waals surface area contributed by atoms with E-state index < -0.39 is 0 Å². The van der Waals surface area contributed by atoms with Gasteiger partial charge in [-0.2, -0.15) is 0 Å². The number of amides is 2.